The SMILES string of the molecule is N#C[C@@H]1COCCN1C(=O)c1cccc(-n2cccn2)n1. The number of carbonyl (C=O) groups is 1. The van der Waals surface area contributed by atoms with Crippen LogP contribution in [0.1, 0.15) is 10.5 Å². The van der Waals surface area contributed by atoms with Gasteiger partial charge < -0.3 is 9.64 Å². The average Bonchev–Trinajstić information content (AvgIpc) is 3.09. The summed E-state index contributed by atoms with van der Waals surface area (Å²) in [5.41, 5.74) is 0.296. The van der Waals surface area contributed by atoms with E-state index in [0.29, 0.717) is 24.7 Å². The Balaban J connectivity index is 1.88. The quantitative estimate of drug-likeness (QED) is 0.807. The Morgan fingerprint density at radius 1 is 1.43 bits per heavy atom. The van der Waals surface area contributed by atoms with Crippen LogP contribution in [-0.2, 0) is 4.74 Å². The molecule has 0 N–H and O–H groups in total. The van der Waals surface area contributed by atoms with Gasteiger partial charge in [-0.1, -0.05) is 6.07 Å². The summed E-state index contributed by atoms with van der Waals surface area (Å²) < 4.78 is 6.80. The second-order valence-corrected chi connectivity index (χ2v) is 4.55. The van der Waals surface area contributed by atoms with Gasteiger partial charge in [0.2, 0.25) is 0 Å². The van der Waals surface area contributed by atoms with Gasteiger partial charge >= 0.3 is 0 Å². The molecule has 0 unspecified atom stereocenters. The van der Waals surface area contributed by atoms with Gasteiger partial charge in [-0.3, -0.25) is 4.79 Å². The zero-order valence-corrected chi connectivity index (χ0v) is 11.2. The number of aromatic nitrogens is 3. The van der Waals surface area contributed by atoms with Crippen molar-refractivity contribution < 1.29 is 9.53 Å². The molecule has 21 heavy (non-hydrogen) atoms. The molecule has 1 fully saturated rings. The topological polar surface area (TPSA) is 84.0 Å². The van der Waals surface area contributed by atoms with Crippen molar-refractivity contribution in [1.29, 1.82) is 5.26 Å². The Morgan fingerprint density at radius 2 is 2.33 bits per heavy atom. The second kappa shape index (κ2) is 5.73. The first-order valence-electron chi connectivity index (χ1n) is 6.55. The summed E-state index contributed by atoms with van der Waals surface area (Å²) in [6.07, 6.45) is 3.40. The number of pyridine rings is 1. The number of nitriles is 1. The molecule has 3 rings (SSSR count). The van der Waals surface area contributed by atoms with Crippen molar-refractivity contribution in [2.75, 3.05) is 19.8 Å². The maximum Gasteiger partial charge on any atom is 0.273 e. The fourth-order valence-corrected chi connectivity index (χ4v) is 2.18. The molecule has 1 aliphatic heterocycles. The van der Waals surface area contributed by atoms with E-state index in [2.05, 4.69) is 16.2 Å². The molecule has 7 nitrogen and oxygen atoms in total. The maximum atomic E-state index is 12.5. The van der Waals surface area contributed by atoms with Gasteiger partial charge in [0.25, 0.3) is 5.91 Å². The van der Waals surface area contributed by atoms with Crippen molar-refractivity contribution in [3.63, 3.8) is 0 Å². The first kappa shape index (κ1) is 13.3. The highest BCUT2D eigenvalue weighted by Crippen LogP contribution is 2.12. The van der Waals surface area contributed by atoms with Crippen LogP contribution in [0.3, 0.4) is 0 Å². The Labute approximate surface area is 121 Å². The monoisotopic (exact) mass is 283 g/mol. The minimum Gasteiger partial charge on any atom is -0.376 e. The van der Waals surface area contributed by atoms with E-state index in [-0.39, 0.29) is 12.5 Å². The van der Waals surface area contributed by atoms with Crippen LogP contribution in [0.15, 0.2) is 36.7 Å². The van der Waals surface area contributed by atoms with Gasteiger partial charge in [-0.05, 0) is 18.2 Å². The lowest BCUT2D eigenvalue weighted by Gasteiger charge is -2.31. The van der Waals surface area contributed by atoms with Gasteiger partial charge in [0.05, 0.1) is 19.3 Å². The minimum absolute atomic E-state index is 0.237. The molecule has 1 atom stereocenters. The Kier molecular flexibility index (Phi) is 3.62. The highest BCUT2D eigenvalue weighted by Gasteiger charge is 2.28. The normalized spacial score (nSPS) is 18.2. The van der Waals surface area contributed by atoms with Crippen molar-refractivity contribution in [1.82, 2.24) is 19.7 Å². The van der Waals surface area contributed by atoms with E-state index >= 15 is 0 Å². The molecule has 1 saturated heterocycles. The van der Waals surface area contributed by atoms with E-state index in [0.717, 1.165) is 0 Å². The van der Waals surface area contributed by atoms with Crippen molar-refractivity contribution >= 4 is 5.91 Å². The van der Waals surface area contributed by atoms with Crippen LogP contribution in [-0.4, -0.2) is 51.4 Å². The molecule has 2 aromatic heterocycles. The van der Waals surface area contributed by atoms with Crippen LogP contribution in [0.2, 0.25) is 0 Å². The lowest BCUT2D eigenvalue weighted by molar-refractivity contribution is 0.0129. The zero-order valence-electron chi connectivity index (χ0n) is 11.2. The smallest absolute Gasteiger partial charge is 0.273 e. The van der Waals surface area contributed by atoms with E-state index in [9.17, 15) is 4.79 Å². The first-order chi connectivity index (χ1) is 10.3. The molecule has 2 aromatic rings. The van der Waals surface area contributed by atoms with E-state index < -0.39 is 6.04 Å². The Bertz CT molecular complexity index is 677. The Morgan fingerprint density at radius 3 is 3.10 bits per heavy atom. The molecule has 7 heteroatoms. The van der Waals surface area contributed by atoms with Crippen molar-refractivity contribution in [3.8, 4) is 11.9 Å². The molecular formula is C14H13N5O2. The van der Waals surface area contributed by atoms with Gasteiger partial charge in [0, 0.05) is 18.9 Å². The summed E-state index contributed by atoms with van der Waals surface area (Å²) in [4.78, 5) is 18.3. The summed E-state index contributed by atoms with van der Waals surface area (Å²) >= 11 is 0. The molecule has 106 valence electrons. The van der Waals surface area contributed by atoms with Gasteiger partial charge in [-0.2, -0.15) is 10.4 Å². The highest BCUT2D eigenvalue weighted by atomic mass is 16.5. The summed E-state index contributed by atoms with van der Waals surface area (Å²) in [5, 5.41) is 13.2. The molecule has 0 saturated carbocycles. The van der Waals surface area contributed by atoms with Crippen LogP contribution in [0.4, 0.5) is 0 Å². The number of morpholine rings is 1. The van der Waals surface area contributed by atoms with Crippen molar-refractivity contribution in [3.05, 3.63) is 42.4 Å². The fourth-order valence-electron chi connectivity index (χ4n) is 2.18. The standard InChI is InChI=1S/C14H13N5O2/c15-9-11-10-21-8-7-18(11)14(20)12-3-1-4-13(17-12)19-6-2-5-16-19/h1-6,11H,7-8,10H2/t11-/m1/s1. The van der Waals surface area contributed by atoms with E-state index in [1.165, 1.54) is 4.90 Å². The zero-order chi connectivity index (χ0) is 14.7. The molecule has 1 aliphatic rings. The molecule has 0 bridgehead atoms. The van der Waals surface area contributed by atoms with Crippen molar-refractivity contribution in [2.45, 2.75) is 6.04 Å². The summed E-state index contributed by atoms with van der Waals surface area (Å²) in [6, 6.07) is 8.45. The van der Waals surface area contributed by atoms with Gasteiger partial charge in [-0.25, -0.2) is 9.67 Å². The highest BCUT2D eigenvalue weighted by molar-refractivity contribution is 5.93. The maximum absolute atomic E-state index is 12.5. The number of rotatable bonds is 2. The summed E-state index contributed by atoms with van der Waals surface area (Å²) in [7, 11) is 0. The largest absolute Gasteiger partial charge is 0.376 e. The number of ether oxygens (including phenoxy) is 1. The van der Waals surface area contributed by atoms with Crippen LogP contribution < -0.4 is 0 Å². The summed E-state index contributed by atoms with van der Waals surface area (Å²) in [6.45, 7) is 1.06. The number of carbonyl (C=O) groups excluding carboxylic acids is 1. The molecule has 0 radical (unpaired) electrons. The number of hydrogen-bond donors (Lipinski definition) is 0. The number of hydrogen-bond acceptors (Lipinski definition) is 5. The van der Waals surface area contributed by atoms with Crippen LogP contribution in [0.5, 0.6) is 0 Å². The van der Waals surface area contributed by atoms with Crippen LogP contribution in [0.25, 0.3) is 5.82 Å². The van der Waals surface area contributed by atoms with Gasteiger partial charge in [-0.15, -0.1) is 0 Å². The lowest BCUT2D eigenvalue weighted by Crippen LogP contribution is -2.48. The lowest BCUT2D eigenvalue weighted by atomic mass is 10.2. The van der Waals surface area contributed by atoms with Gasteiger partial charge in [0.1, 0.15) is 11.7 Å². The third-order valence-electron chi connectivity index (χ3n) is 3.23. The first-order valence-corrected chi connectivity index (χ1v) is 6.55. The van der Waals surface area contributed by atoms with Crippen LogP contribution >= 0.6 is 0 Å². The molecule has 0 aromatic carbocycles. The van der Waals surface area contributed by atoms with E-state index in [1.807, 2.05) is 0 Å². The molecule has 0 aliphatic carbocycles. The summed E-state index contributed by atoms with van der Waals surface area (Å²) in [5.74, 6) is 0.298. The minimum atomic E-state index is -0.568. The molecule has 3 heterocycles. The molecule has 0 spiro atoms. The molecule has 1 amide bonds. The third-order valence-corrected chi connectivity index (χ3v) is 3.23. The number of nitrogens with zero attached hydrogens (tertiary/aromatic N) is 5. The van der Waals surface area contributed by atoms with E-state index in [1.54, 1.807) is 41.3 Å². The Hall–Kier alpha value is -2.72. The van der Waals surface area contributed by atoms with Crippen LogP contribution in [0, 0.1) is 11.3 Å². The fraction of sp³-hybridized carbons (Fsp3) is 0.286. The predicted molar refractivity (Wildman–Crippen MR) is 72.6 cm³/mol. The number of amides is 1. The average molecular weight is 283 g/mol. The van der Waals surface area contributed by atoms with Gasteiger partial charge in [0.15, 0.2) is 5.82 Å². The predicted octanol–water partition coefficient (Wildman–Crippen LogP) is 0.632. The second-order valence-electron chi connectivity index (χ2n) is 4.55. The van der Waals surface area contributed by atoms with E-state index in [4.69, 9.17) is 10.00 Å². The van der Waals surface area contributed by atoms with Crippen molar-refractivity contribution in [2.24, 2.45) is 0 Å². The third kappa shape index (κ3) is 2.61. The molecular weight excluding hydrogens is 270 g/mol.